The van der Waals surface area contributed by atoms with Gasteiger partial charge in [0.2, 0.25) is 0 Å². The highest BCUT2D eigenvalue weighted by Crippen LogP contribution is 2.34. The van der Waals surface area contributed by atoms with Gasteiger partial charge in [-0.3, -0.25) is 4.90 Å². The van der Waals surface area contributed by atoms with Crippen LogP contribution in [0.15, 0.2) is 16.6 Å². The van der Waals surface area contributed by atoms with E-state index in [2.05, 4.69) is 32.8 Å². The van der Waals surface area contributed by atoms with Gasteiger partial charge in [0.05, 0.1) is 9.50 Å². The van der Waals surface area contributed by atoms with Gasteiger partial charge in [0.25, 0.3) is 0 Å². The van der Waals surface area contributed by atoms with Crippen LogP contribution in [-0.4, -0.2) is 56.2 Å². The number of benzene rings is 1. The minimum absolute atomic E-state index is 0.672. The molecule has 1 aromatic rings. The van der Waals surface area contributed by atoms with Crippen LogP contribution in [0.4, 0.5) is 0 Å². The molecule has 1 aliphatic heterocycles. The molecule has 1 fully saturated rings. The van der Waals surface area contributed by atoms with E-state index in [1.807, 2.05) is 19.1 Å². The van der Waals surface area contributed by atoms with Crippen LogP contribution in [0.25, 0.3) is 0 Å². The zero-order valence-electron chi connectivity index (χ0n) is 11.5. The molecule has 1 aromatic carbocycles. The number of likely N-dealkylation sites (N-methyl/N-ethyl adjacent to an activating group) is 1. The van der Waals surface area contributed by atoms with Gasteiger partial charge in [-0.15, -0.1) is 0 Å². The van der Waals surface area contributed by atoms with Crippen molar-refractivity contribution in [1.29, 1.82) is 0 Å². The highest BCUT2D eigenvalue weighted by atomic mass is 79.9. The van der Waals surface area contributed by atoms with Gasteiger partial charge in [0.15, 0.2) is 5.75 Å². The van der Waals surface area contributed by atoms with E-state index in [-0.39, 0.29) is 0 Å². The molecule has 1 aliphatic rings. The number of halogens is 2. The van der Waals surface area contributed by atoms with Crippen molar-refractivity contribution < 1.29 is 4.74 Å². The van der Waals surface area contributed by atoms with Crippen LogP contribution in [0.3, 0.4) is 0 Å². The molecule has 19 heavy (non-hydrogen) atoms. The smallest absolute Gasteiger partial charge is 0.152 e. The van der Waals surface area contributed by atoms with Crippen molar-refractivity contribution in [2.24, 2.45) is 0 Å². The Labute approximate surface area is 128 Å². The van der Waals surface area contributed by atoms with E-state index in [0.29, 0.717) is 11.6 Å². The topological polar surface area (TPSA) is 15.7 Å². The van der Waals surface area contributed by atoms with Gasteiger partial charge in [0, 0.05) is 32.7 Å². The molecule has 3 nitrogen and oxygen atoms in total. The summed E-state index contributed by atoms with van der Waals surface area (Å²) >= 11 is 9.70. The number of rotatable bonds is 4. The Morgan fingerprint density at radius 2 is 1.95 bits per heavy atom. The summed E-state index contributed by atoms with van der Waals surface area (Å²) in [4.78, 5) is 4.78. The normalized spacial score (nSPS) is 17.7. The summed E-state index contributed by atoms with van der Waals surface area (Å²) in [5.41, 5.74) is 1.13. The molecule has 0 atom stereocenters. The Kier molecular flexibility index (Phi) is 5.51. The summed E-state index contributed by atoms with van der Waals surface area (Å²) < 4.78 is 6.74. The van der Waals surface area contributed by atoms with Crippen molar-refractivity contribution in [2.75, 3.05) is 46.4 Å². The first-order valence-electron chi connectivity index (χ1n) is 6.55. The molecule has 1 saturated heterocycles. The first kappa shape index (κ1) is 15.1. The second kappa shape index (κ2) is 6.93. The van der Waals surface area contributed by atoms with Gasteiger partial charge in [-0.05, 0) is 47.6 Å². The summed E-state index contributed by atoms with van der Waals surface area (Å²) in [5, 5.41) is 0.672. The zero-order valence-corrected chi connectivity index (χ0v) is 13.8. The molecule has 0 aliphatic carbocycles. The third-order valence-electron chi connectivity index (χ3n) is 3.39. The van der Waals surface area contributed by atoms with Gasteiger partial charge >= 0.3 is 0 Å². The van der Waals surface area contributed by atoms with E-state index in [1.165, 1.54) is 0 Å². The molecule has 0 saturated carbocycles. The Bertz CT molecular complexity index is 410. The Hall–Kier alpha value is -0.290. The molecular formula is C14H20BrClN2O. The number of hydrogen-bond acceptors (Lipinski definition) is 3. The fraction of sp³-hybridized carbons (Fsp3) is 0.571. The van der Waals surface area contributed by atoms with Crippen LogP contribution in [0.1, 0.15) is 5.56 Å². The van der Waals surface area contributed by atoms with Gasteiger partial charge in [0.1, 0.15) is 6.61 Å². The molecule has 0 unspecified atom stereocenters. The van der Waals surface area contributed by atoms with Crippen molar-refractivity contribution >= 4 is 27.5 Å². The molecular weight excluding hydrogens is 328 g/mol. The number of hydrogen-bond donors (Lipinski definition) is 0. The highest BCUT2D eigenvalue weighted by molar-refractivity contribution is 9.10. The fourth-order valence-electron chi connectivity index (χ4n) is 2.17. The maximum atomic E-state index is 6.20. The van der Waals surface area contributed by atoms with Crippen LogP contribution >= 0.6 is 27.5 Å². The minimum Gasteiger partial charge on any atom is -0.490 e. The minimum atomic E-state index is 0.672. The summed E-state index contributed by atoms with van der Waals surface area (Å²) in [7, 11) is 2.16. The monoisotopic (exact) mass is 346 g/mol. The first-order valence-corrected chi connectivity index (χ1v) is 7.72. The molecule has 1 heterocycles. The molecule has 0 N–H and O–H groups in total. The van der Waals surface area contributed by atoms with Crippen LogP contribution in [0.5, 0.6) is 5.75 Å². The summed E-state index contributed by atoms with van der Waals surface area (Å²) in [6.45, 7) is 8.13. The van der Waals surface area contributed by atoms with Gasteiger partial charge in [-0.25, -0.2) is 0 Å². The Morgan fingerprint density at radius 3 is 2.58 bits per heavy atom. The lowest BCUT2D eigenvalue weighted by Gasteiger charge is -2.32. The van der Waals surface area contributed by atoms with Crippen molar-refractivity contribution in [2.45, 2.75) is 6.92 Å². The third kappa shape index (κ3) is 4.35. The first-order chi connectivity index (χ1) is 9.06. The van der Waals surface area contributed by atoms with Crippen LogP contribution in [0.2, 0.25) is 5.02 Å². The Balaban J connectivity index is 1.83. The second-order valence-electron chi connectivity index (χ2n) is 5.05. The predicted molar refractivity (Wildman–Crippen MR) is 83.3 cm³/mol. The molecule has 0 amide bonds. The van der Waals surface area contributed by atoms with Crippen LogP contribution in [0, 0.1) is 6.92 Å². The lowest BCUT2D eigenvalue weighted by molar-refractivity contribution is 0.133. The summed E-state index contributed by atoms with van der Waals surface area (Å²) in [6.07, 6.45) is 0. The molecule has 0 radical (unpaired) electrons. The third-order valence-corrected chi connectivity index (χ3v) is 4.26. The number of ether oxygens (including phenoxy) is 1. The van der Waals surface area contributed by atoms with Crippen molar-refractivity contribution in [3.8, 4) is 5.75 Å². The lowest BCUT2D eigenvalue weighted by atomic mass is 10.2. The van der Waals surface area contributed by atoms with Gasteiger partial charge < -0.3 is 9.64 Å². The van der Waals surface area contributed by atoms with Crippen molar-refractivity contribution in [3.05, 3.63) is 27.2 Å². The van der Waals surface area contributed by atoms with Crippen LogP contribution in [-0.2, 0) is 0 Å². The SMILES string of the molecule is Cc1cc(Cl)c(OCCN2CCN(C)CC2)c(Br)c1. The average Bonchev–Trinajstić information content (AvgIpc) is 2.34. The maximum absolute atomic E-state index is 6.20. The van der Waals surface area contributed by atoms with E-state index in [1.54, 1.807) is 0 Å². The average molecular weight is 348 g/mol. The Morgan fingerprint density at radius 1 is 1.26 bits per heavy atom. The molecule has 0 aromatic heterocycles. The molecule has 5 heteroatoms. The second-order valence-corrected chi connectivity index (χ2v) is 6.31. The van der Waals surface area contributed by atoms with E-state index in [0.717, 1.165) is 48.5 Å². The van der Waals surface area contributed by atoms with Gasteiger partial charge in [-0.2, -0.15) is 0 Å². The quantitative estimate of drug-likeness (QED) is 0.832. The fourth-order valence-corrected chi connectivity index (χ4v) is 3.30. The van der Waals surface area contributed by atoms with E-state index in [9.17, 15) is 0 Å². The van der Waals surface area contributed by atoms with E-state index in [4.69, 9.17) is 16.3 Å². The number of aryl methyl sites for hydroxylation is 1. The number of piperazine rings is 1. The van der Waals surface area contributed by atoms with E-state index >= 15 is 0 Å². The van der Waals surface area contributed by atoms with Gasteiger partial charge in [-0.1, -0.05) is 11.6 Å². The predicted octanol–water partition coefficient (Wildman–Crippen LogP) is 3.04. The molecule has 2 rings (SSSR count). The number of nitrogens with zero attached hydrogens (tertiary/aromatic N) is 2. The molecule has 0 spiro atoms. The zero-order chi connectivity index (χ0) is 13.8. The summed E-state index contributed by atoms with van der Waals surface area (Å²) in [6, 6.07) is 3.95. The highest BCUT2D eigenvalue weighted by Gasteiger charge is 2.14. The molecule has 0 bridgehead atoms. The molecule has 106 valence electrons. The maximum Gasteiger partial charge on any atom is 0.152 e. The summed E-state index contributed by atoms with van der Waals surface area (Å²) in [5.74, 6) is 0.751. The van der Waals surface area contributed by atoms with Crippen molar-refractivity contribution in [3.63, 3.8) is 0 Å². The standard InChI is InChI=1S/C14H20BrClN2O/c1-11-9-12(15)14(13(16)10-11)19-8-7-18-5-3-17(2)4-6-18/h9-10H,3-8H2,1-2H3. The van der Waals surface area contributed by atoms with E-state index < -0.39 is 0 Å². The lowest BCUT2D eigenvalue weighted by Crippen LogP contribution is -2.45. The van der Waals surface area contributed by atoms with Crippen molar-refractivity contribution in [1.82, 2.24) is 9.80 Å². The van der Waals surface area contributed by atoms with Crippen LogP contribution < -0.4 is 4.74 Å². The largest absolute Gasteiger partial charge is 0.490 e.